The summed E-state index contributed by atoms with van der Waals surface area (Å²) < 4.78 is 14.4. The van der Waals surface area contributed by atoms with Crippen LogP contribution in [0.15, 0.2) is 0 Å². The van der Waals surface area contributed by atoms with E-state index in [4.69, 9.17) is 0 Å². The predicted molar refractivity (Wildman–Crippen MR) is 58.7 cm³/mol. The molecule has 3 nitrogen and oxygen atoms in total. The zero-order valence-electron chi connectivity index (χ0n) is 9.71. The van der Waals surface area contributed by atoms with Gasteiger partial charge in [-0.2, -0.15) is 0 Å². The molecule has 88 valence electrons. The molecular weight excluding hydrogens is 193 g/mol. The van der Waals surface area contributed by atoms with Crippen LogP contribution in [0.3, 0.4) is 0 Å². The molecule has 2 aliphatic rings. The first-order valence-electron chi connectivity index (χ1n) is 6.09. The number of piperidine rings is 1. The van der Waals surface area contributed by atoms with Crippen molar-refractivity contribution < 1.29 is 9.71 Å². The fourth-order valence-electron chi connectivity index (χ4n) is 2.56. The zero-order chi connectivity index (χ0) is 10.7. The van der Waals surface area contributed by atoms with E-state index in [1.165, 1.54) is 0 Å². The molecule has 0 aromatic rings. The van der Waals surface area contributed by atoms with E-state index in [2.05, 4.69) is 22.2 Å². The highest BCUT2D eigenvalue weighted by molar-refractivity contribution is 4.85. The third kappa shape index (κ3) is 3.13. The van der Waals surface area contributed by atoms with Crippen LogP contribution in [0.25, 0.3) is 0 Å². The molecule has 0 spiro atoms. The Morgan fingerprint density at radius 3 is 2.33 bits per heavy atom. The number of hydrogen-bond acceptors (Lipinski definition) is 2. The first-order chi connectivity index (χ1) is 7.18. The maximum absolute atomic E-state index is 14.4. The zero-order valence-corrected chi connectivity index (χ0v) is 9.71. The number of hydrogen-bond donors (Lipinski definition) is 1. The lowest BCUT2D eigenvalue weighted by atomic mass is 9.93. The molecule has 0 amide bonds. The molecule has 0 unspecified atom stereocenters. The lowest BCUT2D eigenvalue weighted by Gasteiger charge is -2.38. The van der Waals surface area contributed by atoms with Crippen molar-refractivity contribution in [2.75, 3.05) is 52.9 Å². The van der Waals surface area contributed by atoms with Gasteiger partial charge in [-0.15, -0.1) is 0 Å². The van der Waals surface area contributed by atoms with E-state index in [-0.39, 0.29) is 0 Å². The van der Waals surface area contributed by atoms with E-state index in [0.717, 1.165) is 52.1 Å². The number of quaternary nitrogens is 1. The summed E-state index contributed by atoms with van der Waals surface area (Å²) >= 11 is 0. The number of nitrogens with zero attached hydrogens (tertiary/aromatic N) is 2. The topological polar surface area (TPSA) is 23.1 Å². The van der Waals surface area contributed by atoms with Crippen LogP contribution in [0.5, 0.6) is 0 Å². The van der Waals surface area contributed by atoms with Gasteiger partial charge in [-0.05, 0) is 7.05 Å². The minimum absolute atomic E-state index is 0.661. The maximum Gasteiger partial charge on any atom is 0.134 e. The number of alkyl halides is 1. The second-order valence-corrected chi connectivity index (χ2v) is 5.10. The molecule has 2 aliphatic heterocycles. The highest BCUT2D eigenvalue weighted by Gasteiger charge is 2.35. The molecule has 0 aromatic heterocycles. The molecule has 4 heteroatoms. The van der Waals surface area contributed by atoms with Crippen molar-refractivity contribution in [1.29, 1.82) is 0 Å². The summed E-state index contributed by atoms with van der Waals surface area (Å²) in [4.78, 5) is 4.61. The molecule has 2 heterocycles. The molecule has 2 rings (SSSR count). The summed E-state index contributed by atoms with van der Waals surface area (Å²) in [5, 5.41) is 2.22. The van der Waals surface area contributed by atoms with Crippen molar-refractivity contribution in [2.24, 2.45) is 0 Å². The van der Waals surface area contributed by atoms with E-state index in [1.54, 1.807) is 0 Å². The average Bonchev–Trinajstić information content (AvgIpc) is 2.22. The van der Waals surface area contributed by atoms with Gasteiger partial charge in [0.05, 0.1) is 13.1 Å². The minimum Gasteiger partial charge on any atom is -0.346 e. The quantitative estimate of drug-likeness (QED) is 0.660. The maximum atomic E-state index is 14.4. The largest absolute Gasteiger partial charge is 0.346 e. The van der Waals surface area contributed by atoms with Crippen LogP contribution in [0.1, 0.15) is 12.8 Å². The van der Waals surface area contributed by atoms with Gasteiger partial charge in [-0.3, -0.25) is 4.90 Å². The standard InChI is InChI=1S/C11H22FN3/c1-14-6-8-15(9-7-14)10-11(12)2-4-13-5-3-11/h13H,2-10H2,1H3/p+1. The van der Waals surface area contributed by atoms with Crippen molar-refractivity contribution in [2.45, 2.75) is 18.5 Å². The molecule has 0 radical (unpaired) electrons. The Balaban J connectivity index is 1.80. The van der Waals surface area contributed by atoms with Crippen molar-refractivity contribution in [3.63, 3.8) is 0 Å². The van der Waals surface area contributed by atoms with E-state index in [9.17, 15) is 4.39 Å². The van der Waals surface area contributed by atoms with Crippen molar-refractivity contribution in [3.05, 3.63) is 0 Å². The summed E-state index contributed by atoms with van der Waals surface area (Å²) in [6.07, 6.45) is 1.47. The van der Waals surface area contributed by atoms with Crippen molar-refractivity contribution in [1.82, 2.24) is 9.80 Å². The number of halogens is 1. The molecular formula is C11H23FN3+. The Morgan fingerprint density at radius 2 is 1.73 bits per heavy atom. The van der Waals surface area contributed by atoms with E-state index >= 15 is 0 Å². The molecule has 15 heavy (non-hydrogen) atoms. The lowest BCUT2D eigenvalue weighted by Crippen LogP contribution is -2.87. The molecule has 0 saturated carbocycles. The Labute approximate surface area is 91.6 Å². The van der Waals surface area contributed by atoms with Crippen LogP contribution >= 0.6 is 0 Å². The SMILES string of the molecule is CN1CCN(CC2(F)CC[NH2+]CC2)CC1. The Hall–Kier alpha value is -0.190. The monoisotopic (exact) mass is 216 g/mol. The third-order valence-electron chi connectivity index (χ3n) is 3.70. The highest BCUT2D eigenvalue weighted by atomic mass is 19.1. The number of piperazine rings is 1. The van der Waals surface area contributed by atoms with E-state index in [0.29, 0.717) is 6.54 Å². The van der Waals surface area contributed by atoms with E-state index < -0.39 is 5.67 Å². The fourth-order valence-corrected chi connectivity index (χ4v) is 2.56. The summed E-state index contributed by atoms with van der Waals surface area (Å²) in [6.45, 7) is 6.82. The van der Waals surface area contributed by atoms with Gasteiger partial charge in [0.1, 0.15) is 5.67 Å². The Morgan fingerprint density at radius 1 is 1.13 bits per heavy atom. The van der Waals surface area contributed by atoms with Crippen molar-refractivity contribution in [3.8, 4) is 0 Å². The van der Waals surface area contributed by atoms with E-state index in [1.807, 2.05) is 0 Å². The summed E-state index contributed by atoms with van der Waals surface area (Å²) in [5.41, 5.74) is -0.898. The van der Waals surface area contributed by atoms with Crippen LogP contribution in [0.2, 0.25) is 0 Å². The minimum atomic E-state index is -0.898. The summed E-state index contributed by atoms with van der Waals surface area (Å²) in [7, 11) is 2.14. The summed E-state index contributed by atoms with van der Waals surface area (Å²) in [6, 6.07) is 0. The van der Waals surface area contributed by atoms with Gasteiger partial charge in [-0.25, -0.2) is 4.39 Å². The van der Waals surface area contributed by atoms with Gasteiger partial charge in [-0.1, -0.05) is 0 Å². The van der Waals surface area contributed by atoms with Crippen molar-refractivity contribution >= 4 is 0 Å². The van der Waals surface area contributed by atoms with Crippen LogP contribution in [-0.2, 0) is 0 Å². The number of rotatable bonds is 2. The molecule has 2 saturated heterocycles. The molecule has 0 atom stereocenters. The van der Waals surface area contributed by atoms with Gasteiger partial charge in [0.2, 0.25) is 0 Å². The van der Waals surface area contributed by atoms with Gasteiger partial charge >= 0.3 is 0 Å². The second-order valence-electron chi connectivity index (χ2n) is 5.10. The Bertz CT molecular complexity index is 196. The van der Waals surface area contributed by atoms with Gasteiger partial charge in [0.15, 0.2) is 0 Å². The lowest BCUT2D eigenvalue weighted by molar-refractivity contribution is -0.667. The molecule has 0 bridgehead atoms. The fraction of sp³-hybridized carbons (Fsp3) is 1.00. The predicted octanol–water partition coefficient (Wildman–Crippen LogP) is -0.701. The number of likely N-dealkylation sites (N-methyl/N-ethyl adjacent to an activating group) is 1. The normalized spacial score (nSPS) is 29.2. The van der Waals surface area contributed by atoms with Gasteiger partial charge in [0, 0.05) is 45.6 Å². The third-order valence-corrected chi connectivity index (χ3v) is 3.70. The van der Waals surface area contributed by atoms with Crippen LogP contribution in [0, 0.1) is 0 Å². The first-order valence-corrected chi connectivity index (χ1v) is 6.09. The second kappa shape index (κ2) is 4.76. The number of nitrogens with two attached hydrogens (primary N) is 1. The summed E-state index contributed by atoms with van der Waals surface area (Å²) in [5.74, 6) is 0. The highest BCUT2D eigenvalue weighted by Crippen LogP contribution is 2.23. The molecule has 0 aliphatic carbocycles. The van der Waals surface area contributed by atoms with Gasteiger partial charge < -0.3 is 10.2 Å². The molecule has 2 fully saturated rings. The smallest absolute Gasteiger partial charge is 0.134 e. The molecule has 2 N–H and O–H groups in total. The molecule has 0 aromatic carbocycles. The van der Waals surface area contributed by atoms with Crippen LogP contribution < -0.4 is 5.32 Å². The van der Waals surface area contributed by atoms with Crippen LogP contribution in [0.4, 0.5) is 4.39 Å². The van der Waals surface area contributed by atoms with Gasteiger partial charge in [0.25, 0.3) is 0 Å². The average molecular weight is 216 g/mol. The Kier molecular flexibility index (Phi) is 3.59. The first kappa shape index (κ1) is 11.3. The van der Waals surface area contributed by atoms with Crippen LogP contribution in [-0.4, -0.2) is 68.3 Å².